The summed E-state index contributed by atoms with van der Waals surface area (Å²) in [5, 5.41) is 11.3. The van der Waals surface area contributed by atoms with Gasteiger partial charge in [-0.25, -0.2) is 5.10 Å². The molecule has 110 valence electrons. The minimum atomic E-state index is 0.415. The number of benzene rings is 1. The van der Waals surface area contributed by atoms with Crippen LogP contribution in [0.5, 0.6) is 5.75 Å². The predicted molar refractivity (Wildman–Crippen MR) is 86.6 cm³/mol. The van der Waals surface area contributed by atoms with E-state index in [1.165, 1.54) is 0 Å². The van der Waals surface area contributed by atoms with Gasteiger partial charge in [-0.05, 0) is 42.0 Å². The monoisotopic (exact) mass is 311 g/mol. The van der Waals surface area contributed by atoms with Gasteiger partial charge < -0.3 is 4.74 Å². The average Bonchev–Trinajstić information content (AvgIpc) is 2.95. The van der Waals surface area contributed by atoms with E-state index in [0.717, 1.165) is 16.9 Å². The standard InChI is InChI=1S/C15H13N5OS/c1-21-13-6-2-4-11(8-13)9-17-20-14(18-19-15(20)22)12-5-3-7-16-10-12/h2-10H,1H3,(H,19,22)/b17-9+. The van der Waals surface area contributed by atoms with E-state index >= 15 is 0 Å². The van der Waals surface area contributed by atoms with Crippen LogP contribution in [-0.4, -0.2) is 33.2 Å². The molecule has 0 aliphatic carbocycles. The maximum absolute atomic E-state index is 5.22. The molecule has 1 N–H and O–H groups in total. The van der Waals surface area contributed by atoms with Crippen LogP contribution in [0.1, 0.15) is 5.56 Å². The van der Waals surface area contributed by atoms with E-state index in [-0.39, 0.29) is 0 Å². The highest BCUT2D eigenvalue weighted by atomic mass is 32.1. The largest absolute Gasteiger partial charge is 0.497 e. The van der Waals surface area contributed by atoms with Crippen molar-refractivity contribution in [3.63, 3.8) is 0 Å². The number of rotatable bonds is 4. The molecule has 0 amide bonds. The Morgan fingerprint density at radius 2 is 2.23 bits per heavy atom. The molecule has 0 bridgehead atoms. The molecule has 3 aromatic rings. The van der Waals surface area contributed by atoms with Crippen molar-refractivity contribution < 1.29 is 4.74 Å². The predicted octanol–water partition coefficient (Wildman–Crippen LogP) is 2.89. The lowest BCUT2D eigenvalue weighted by Crippen LogP contribution is -1.95. The van der Waals surface area contributed by atoms with E-state index < -0.39 is 0 Å². The van der Waals surface area contributed by atoms with Crippen LogP contribution in [0.3, 0.4) is 0 Å². The topological polar surface area (TPSA) is 68.1 Å². The van der Waals surface area contributed by atoms with Crippen molar-refractivity contribution in [1.82, 2.24) is 19.9 Å². The van der Waals surface area contributed by atoms with Crippen molar-refractivity contribution in [2.24, 2.45) is 5.10 Å². The van der Waals surface area contributed by atoms with Crippen LogP contribution in [0.15, 0.2) is 53.9 Å². The van der Waals surface area contributed by atoms with Crippen molar-refractivity contribution in [2.45, 2.75) is 0 Å². The zero-order valence-electron chi connectivity index (χ0n) is 11.8. The minimum Gasteiger partial charge on any atom is -0.497 e. The summed E-state index contributed by atoms with van der Waals surface area (Å²) in [6.07, 6.45) is 5.12. The molecule has 0 saturated heterocycles. The lowest BCUT2D eigenvalue weighted by atomic mass is 10.2. The fraction of sp³-hybridized carbons (Fsp3) is 0.0667. The Kier molecular flexibility index (Phi) is 4.06. The Morgan fingerprint density at radius 3 is 3.00 bits per heavy atom. The molecule has 0 spiro atoms. The molecule has 0 atom stereocenters. The van der Waals surface area contributed by atoms with Crippen molar-refractivity contribution in [2.75, 3.05) is 7.11 Å². The fourth-order valence-corrected chi connectivity index (χ4v) is 2.11. The smallest absolute Gasteiger partial charge is 0.216 e. The number of pyridine rings is 1. The third-order valence-corrected chi connectivity index (χ3v) is 3.25. The summed E-state index contributed by atoms with van der Waals surface area (Å²) in [4.78, 5) is 4.08. The summed E-state index contributed by atoms with van der Waals surface area (Å²) in [6, 6.07) is 11.3. The molecule has 1 aromatic carbocycles. The van der Waals surface area contributed by atoms with Gasteiger partial charge in [0.15, 0.2) is 5.82 Å². The maximum atomic E-state index is 5.22. The Labute approximate surface area is 132 Å². The van der Waals surface area contributed by atoms with Crippen molar-refractivity contribution >= 4 is 18.4 Å². The van der Waals surface area contributed by atoms with Crippen LogP contribution in [0.25, 0.3) is 11.4 Å². The highest BCUT2D eigenvalue weighted by Crippen LogP contribution is 2.16. The molecule has 0 radical (unpaired) electrons. The number of aromatic amines is 1. The summed E-state index contributed by atoms with van der Waals surface area (Å²) >= 11 is 5.22. The molecule has 7 heteroatoms. The number of nitrogens with one attached hydrogen (secondary N) is 1. The molecule has 0 aliphatic rings. The lowest BCUT2D eigenvalue weighted by molar-refractivity contribution is 0.415. The quantitative estimate of drug-likeness (QED) is 0.594. The SMILES string of the molecule is COc1cccc(/C=N/n2c(-c3cccnc3)n[nH]c2=S)c1. The molecular formula is C15H13N5OS. The Morgan fingerprint density at radius 1 is 1.32 bits per heavy atom. The van der Waals surface area contributed by atoms with Gasteiger partial charge >= 0.3 is 0 Å². The van der Waals surface area contributed by atoms with Gasteiger partial charge in [0.2, 0.25) is 4.77 Å². The normalized spacial score (nSPS) is 11.0. The average molecular weight is 311 g/mol. The van der Waals surface area contributed by atoms with Crippen LogP contribution < -0.4 is 4.74 Å². The number of hydrogen-bond donors (Lipinski definition) is 1. The molecule has 0 fully saturated rings. The third kappa shape index (κ3) is 2.94. The zero-order chi connectivity index (χ0) is 15.4. The van der Waals surface area contributed by atoms with Gasteiger partial charge in [0.05, 0.1) is 13.3 Å². The van der Waals surface area contributed by atoms with Crippen molar-refractivity contribution in [3.8, 4) is 17.1 Å². The van der Waals surface area contributed by atoms with Gasteiger partial charge in [-0.15, -0.1) is 0 Å². The van der Waals surface area contributed by atoms with E-state index in [0.29, 0.717) is 10.6 Å². The second-order valence-corrected chi connectivity index (χ2v) is 4.81. The molecule has 2 aromatic heterocycles. The van der Waals surface area contributed by atoms with Gasteiger partial charge in [-0.2, -0.15) is 14.9 Å². The van der Waals surface area contributed by atoms with Crippen LogP contribution in [-0.2, 0) is 0 Å². The Bertz CT molecular complexity index is 854. The van der Waals surface area contributed by atoms with Crippen molar-refractivity contribution in [1.29, 1.82) is 0 Å². The summed E-state index contributed by atoms with van der Waals surface area (Å²) < 4.78 is 7.17. The molecule has 3 rings (SSSR count). The summed E-state index contributed by atoms with van der Waals surface area (Å²) in [6.45, 7) is 0. The van der Waals surface area contributed by atoms with E-state index in [1.54, 1.807) is 30.4 Å². The summed E-state index contributed by atoms with van der Waals surface area (Å²) in [7, 11) is 1.63. The number of methoxy groups -OCH3 is 1. The minimum absolute atomic E-state index is 0.415. The van der Waals surface area contributed by atoms with Crippen LogP contribution in [0.2, 0.25) is 0 Å². The number of nitrogens with zero attached hydrogens (tertiary/aromatic N) is 4. The van der Waals surface area contributed by atoms with E-state index in [4.69, 9.17) is 17.0 Å². The first-order valence-corrected chi connectivity index (χ1v) is 6.95. The van der Waals surface area contributed by atoms with Gasteiger partial charge in [0, 0.05) is 18.0 Å². The van der Waals surface area contributed by atoms with Gasteiger partial charge in [0.1, 0.15) is 5.75 Å². The zero-order valence-corrected chi connectivity index (χ0v) is 12.6. The molecule has 0 aliphatic heterocycles. The van der Waals surface area contributed by atoms with Crippen LogP contribution in [0, 0.1) is 4.77 Å². The van der Waals surface area contributed by atoms with Gasteiger partial charge in [-0.1, -0.05) is 12.1 Å². The van der Waals surface area contributed by atoms with E-state index in [2.05, 4.69) is 20.3 Å². The number of aromatic nitrogens is 4. The highest BCUT2D eigenvalue weighted by Gasteiger charge is 2.07. The molecule has 0 unspecified atom stereocenters. The van der Waals surface area contributed by atoms with Gasteiger partial charge in [-0.3, -0.25) is 4.98 Å². The Hall–Kier alpha value is -2.80. The van der Waals surface area contributed by atoms with E-state index in [9.17, 15) is 0 Å². The maximum Gasteiger partial charge on any atom is 0.216 e. The van der Waals surface area contributed by atoms with Gasteiger partial charge in [0.25, 0.3) is 0 Å². The molecular weight excluding hydrogens is 298 g/mol. The number of ether oxygens (including phenoxy) is 1. The lowest BCUT2D eigenvalue weighted by Gasteiger charge is -2.01. The van der Waals surface area contributed by atoms with Crippen molar-refractivity contribution in [3.05, 3.63) is 59.1 Å². The van der Waals surface area contributed by atoms with Crippen LogP contribution >= 0.6 is 12.2 Å². The molecule has 0 saturated carbocycles. The first-order valence-electron chi connectivity index (χ1n) is 6.54. The summed E-state index contributed by atoms with van der Waals surface area (Å²) in [5.74, 6) is 1.38. The van der Waals surface area contributed by atoms with Crippen LogP contribution in [0.4, 0.5) is 0 Å². The first-order chi connectivity index (χ1) is 10.8. The first kappa shape index (κ1) is 14.2. The molecule has 6 nitrogen and oxygen atoms in total. The molecule has 2 heterocycles. The second-order valence-electron chi connectivity index (χ2n) is 4.43. The summed E-state index contributed by atoms with van der Waals surface area (Å²) in [5.41, 5.74) is 1.73. The second kappa shape index (κ2) is 6.31. The number of hydrogen-bond acceptors (Lipinski definition) is 5. The highest BCUT2D eigenvalue weighted by molar-refractivity contribution is 7.71. The Balaban J connectivity index is 1.97. The molecule has 22 heavy (non-hydrogen) atoms. The van der Waals surface area contributed by atoms with E-state index in [1.807, 2.05) is 36.4 Å². The number of H-pyrrole nitrogens is 1. The fourth-order valence-electron chi connectivity index (χ4n) is 1.93. The third-order valence-electron chi connectivity index (χ3n) is 2.99.